The summed E-state index contributed by atoms with van der Waals surface area (Å²) in [7, 11) is -2.93. The third-order valence-corrected chi connectivity index (χ3v) is 6.18. The molecule has 3 rings (SSSR count). The summed E-state index contributed by atoms with van der Waals surface area (Å²) in [6, 6.07) is -0.117. The molecule has 116 valence electrons. The summed E-state index contributed by atoms with van der Waals surface area (Å²) in [6.45, 7) is 6.77. The first kappa shape index (κ1) is 14.6. The lowest BCUT2D eigenvalue weighted by atomic mass is 10.4. The zero-order valence-corrected chi connectivity index (χ0v) is 12.9. The lowest BCUT2D eigenvalue weighted by molar-refractivity contribution is -0.392. The third-order valence-electron chi connectivity index (χ3n) is 3.48. The molecule has 0 N–H and O–H groups in total. The highest BCUT2D eigenvalue weighted by atomic mass is 31.2. The van der Waals surface area contributed by atoms with Gasteiger partial charge in [0, 0.05) is 26.2 Å². The number of imidazole rings is 1. The van der Waals surface area contributed by atoms with Gasteiger partial charge in [-0.25, -0.2) is 18.9 Å². The van der Waals surface area contributed by atoms with E-state index in [4.69, 9.17) is 4.52 Å². The summed E-state index contributed by atoms with van der Waals surface area (Å²) >= 11 is 0. The summed E-state index contributed by atoms with van der Waals surface area (Å²) in [5, 5.41) is 11.0. The summed E-state index contributed by atoms with van der Waals surface area (Å²) < 4.78 is 23.6. The van der Waals surface area contributed by atoms with Crippen LogP contribution >= 0.6 is 7.67 Å². The van der Waals surface area contributed by atoms with Gasteiger partial charge in [-0.3, -0.25) is 9.09 Å². The molecule has 3 heterocycles. The first-order valence-corrected chi connectivity index (χ1v) is 8.42. The quantitative estimate of drug-likeness (QED) is 0.327. The molecular formula is C11H18N5O4P. The molecule has 1 aromatic rings. The van der Waals surface area contributed by atoms with Crippen molar-refractivity contribution >= 4 is 13.5 Å². The average Bonchev–Trinajstić information content (AvgIpc) is 3.29. The van der Waals surface area contributed by atoms with Crippen molar-refractivity contribution in [3.05, 3.63) is 22.1 Å². The molecule has 2 aliphatic heterocycles. The monoisotopic (exact) mass is 315 g/mol. The van der Waals surface area contributed by atoms with Gasteiger partial charge in [0.1, 0.15) is 12.8 Å². The number of rotatable bonds is 7. The van der Waals surface area contributed by atoms with Crippen molar-refractivity contribution in [3.8, 4) is 0 Å². The van der Waals surface area contributed by atoms with E-state index < -0.39 is 12.6 Å². The second-order valence-corrected chi connectivity index (χ2v) is 7.80. The highest BCUT2D eigenvalue weighted by Gasteiger charge is 2.49. The largest absolute Gasteiger partial charge is 0.358 e. The Morgan fingerprint density at radius 1 is 1.38 bits per heavy atom. The van der Waals surface area contributed by atoms with E-state index in [-0.39, 0.29) is 18.5 Å². The Labute approximate surface area is 122 Å². The van der Waals surface area contributed by atoms with E-state index in [1.807, 2.05) is 13.8 Å². The SMILES string of the molecule is CC(C)n1c([N+](=O)[O-])cnc1COP(=O)(N1CC1)N1CC1. The molecule has 9 nitrogen and oxygen atoms in total. The Bertz CT molecular complexity index is 592. The van der Waals surface area contributed by atoms with Gasteiger partial charge in [0.05, 0.1) is 6.04 Å². The van der Waals surface area contributed by atoms with Crippen LogP contribution < -0.4 is 0 Å². The molecule has 0 radical (unpaired) electrons. The molecule has 0 spiro atoms. The van der Waals surface area contributed by atoms with E-state index in [0.29, 0.717) is 5.82 Å². The Morgan fingerprint density at radius 2 is 1.95 bits per heavy atom. The summed E-state index contributed by atoms with van der Waals surface area (Å²) in [5.74, 6) is 0.359. The van der Waals surface area contributed by atoms with Crippen molar-refractivity contribution < 1.29 is 14.0 Å². The van der Waals surface area contributed by atoms with Crippen molar-refractivity contribution in [2.45, 2.75) is 26.5 Å². The molecular weight excluding hydrogens is 297 g/mol. The zero-order chi connectivity index (χ0) is 15.2. The topological polar surface area (TPSA) is 93.3 Å². The van der Waals surface area contributed by atoms with E-state index in [9.17, 15) is 14.7 Å². The van der Waals surface area contributed by atoms with E-state index in [1.165, 1.54) is 10.8 Å². The van der Waals surface area contributed by atoms with Crippen LogP contribution in [0.3, 0.4) is 0 Å². The first-order chi connectivity index (χ1) is 9.93. The van der Waals surface area contributed by atoms with Crippen LogP contribution in [0.2, 0.25) is 0 Å². The van der Waals surface area contributed by atoms with E-state index in [0.717, 1.165) is 26.2 Å². The molecule has 0 amide bonds. The number of hydrogen-bond donors (Lipinski definition) is 0. The first-order valence-electron chi connectivity index (χ1n) is 6.89. The zero-order valence-electron chi connectivity index (χ0n) is 12.0. The molecule has 0 saturated carbocycles. The van der Waals surface area contributed by atoms with Crippen LogP contribution in [0.1, 0.15) is 25.7 Å². The van der Waals surface area contributed by atoms with Crippen molar-refractivity contribution in [2.75, 3.05) is 26.2 Å². The molecule has 21 heavy (non-hydrogen) atoms. The molecule has 0 bridgehead atoms. The highest BCUT2D eigenvalue weighted by Crippen LogP contribution is 2.61. The van der Waals surface area contributed by atoms with Crippen molar-refractivity contribution in [2.24, 2.45) is 0 Å². The number of aromatic nitrogens is 2. The fourth-order valence-electron chi connectivity index (χ4n) is 2.27. The lowest BCUT2D eigenvalue weighted by Gasteiger charge is -2.19. The molecule has 0 aliphatic carbocycles. The van der Waals surface area contributed by atoms with Crippen LogP contribution in [0.15, 0.2) is 6.20 Å². The van der Waals surface area contributed by atoms with Crippen molar-refractivity contribution in [1.29, 1.82) is 0 Å². The maximum atomic E-state index is 12.8. The van der Waals surface area contributed by atoms with Crippen LogP contribution in [-0.4, -0.2) is 50.0 Å². The minimum absolute atomic E-state index is 0.0102. The van der Waals surface area contributed by atoms with Gasteiger partial charge in [-0.1, -0.05) is 0 Å². The lowest BCUT2D eigenvalue weighted by Crippen LogP contribution is -2.13. The fourth-order valence-corrected chi connectivity index (χ4v) is 4.43. The fraction of sp³-hybridized carbons (Fsp3) is 0.727. The van der Waals surface area contributed by atoms with Crippen LogP contribution in [0, 0.1) is 10.1 Å². The molecule has 2 saturated heterocycles. The second-order valence-electron chi connectivity index (χ2n) is 5.42. The summed E-state index contributed by atoms with van der Waals surface area (Å²) in [4.78, 5) is 14.6. The Morgan fingerprint density at radius 3 is 2.38 bits per heavy atom. The summed E-state index contributed by atoms with van der Waals surface area (Å²) in [6.07, 6.45) is 1.22. The average molecular weight is 315 g/mol. The molecule has 1 aromatic heterocycles. The van der Waals surface area contributed by atoms with Crippen LogP contribution in [0.4, 0.5) is 5.82 Å². The van der Waals surface area contributed by atoms with Crippen LogP contribution in [0.25, 0.3) is 0 Å². The van der Waals surface area contributed by atoms with Crippen LogP contribution in [-0.2, 0) is 15.7 Å². The number of nitro groups is 1. The van der Waals surface area contributed by atoms with Gasteiger partial charge in [-0.2, -0.15) is 0 Å². The Hall–Kier alpha value is -1.28. The minimum Gasteiger partial charge on any atom is -0.358 e. The highest BCUT2D eigenvalue weighted by molar-refractivity contribution is 7.54. The Balaban J connectivity index is 1.78. The van der Waals surface area contributed by atoms with Crippen molar-refractivity contribution in [1.82, 2.24) is 18.9 Å². The van der Waals surface area contributed by atoms with Gasteiger partial charge in [0.25, 0.3) is 0 Å². The van der Waals surface area contributed by atoms with Gasteiger partial charge in [0.2, 0.25) is 5.82 Å². The predicted molar refractivity (Wildman–Crippen MR) is 74.8 cm³/mol. The summed E-state index contributed by atoms with van der Waals surface area (Å²) in [5.41, 5.74) is 0. The van der Waals surface area contributed by atoms with Gasteiger partial charge in [-0.05, 0) is 18.8 Å². The standard InChI is InChI=1S/C11H18N5O4P/c1-9(2)15-10(12-7-11(15)16(17)18)8-20-21(19,13-3-4-13)14-5-6-14/h7,9H,3-6,8H2,1-2H3. The van der Waals surface area contributed by atoms with Gasteiger partial charge >= 0.3 is 13.5 Å². The maximum absolute atomic E-state index is 12.8. The van der Waals surface area contributed by atoms with Gasteiger partial charge < -0.3 is 10.1 Å². The molecule has 0 atom stereocenters. The van der Waals surface area contributed by atoms with E-state index in [2.05, 4.69) is 4.98 Å². The third kappa shape index (κ3) is 2.74. The van der Waals surface area contributed by atoms with Gasteiger partial charge in [-0.15, -0.1) is 0 Å². The number of hydrogen-bond acceptors (Lipinski definition) is 5. The van der Waals surface area contributed by atoms with Crippen LogP contribution in [0.5, 0.6) is 0 Å². The van der Waals surface area contributed by atoms with E-state index in [1.54, 1.807) is 9.34 Å². The maximum Gasteiger partial charge on any atom is 0.346 e. The van der Waals surface area contributed by atoms with E-state index >= 15 is 0 Å². The number of nitrogens with zero attached hydrogens (tertiary/aromatic N) is 5. The normalized spacial score (nSPS) is 19.2. The molecule has 2 aliphatic rings. The second kappa shape index (κ2) is 5.17. The molecule has 0 aromatic carbocycles. The molecule has 0 unspecified atom stereocenters. The minimum atomic E-state index is -2.93. The molecule has 10 heteroatoms. The Kier molecular flexibility index (Phi) is 3.61. The van der Waals surface area contributed by atoms with Gasteiger partial charge in [0.15, 0.2) is 0 Å². The molecule has 2 fully saturated rings. The smallest absolute Gasteiger partial charge is 0.346 e. The van der Waals surface area contributed by atoms with Crippen molar-refractivity contribution in [3.63, 3.8) is 0 Å². The predicted octanol–water partition coefficient (Wildman–Crippen LogP) is 1.63.